The van der Waals surface area contributed by atoms with Crippen molar-refractivity contribution in [3.8, 4) is 5.75 Å². The minimum atomic E-state index is -4.45. The SMILES string of the molecule is CC(C)(C)C(=O)OP(=O)(OC(=O)C(C)(C)C)Oc1ccccc1. The van der Waals surface area contributed by atoms with Gasteiger partial charge in [-0.15, -0.1) is 0 Å². The molecule has 0 bridgehead atoms. The van der Waals surface area contributed by atoms with Crippen molar-refractivity contribution in [2.75, 3.05) is 0 Å². The van der Waals surface area contributed by atoms with Gasteiger partial charge in [-0.2, -0.15) is 4.57 Å². The van der Waals surface area contributed by atoms with Crippen molar-refractivity contribution in [2.24, 2.45) is 10.8 Å². The molecule has 0 saturated heterocycles. The first kappa shape index (κ1) is 19.2. The highest BCUT2D eigenvalue weighted by atomic mass is 31.2. The molecule has 0 aliphatic heterocycles. The van der Waals surface area contributed by atoms with Crippen LogP contribution in [0.2, 0.25) is 0 Å². The molecule has 1 aromatic carbocycles. The largest absolute Gasteiger partial charge is 0.651 e. The molecule has 0 heterocycles. The van der Waals surface area contributed by atoms with E-state index in [2.05, 4.69) is 0 Å². The van der Waals surface area contributed by atoms with Gasteiger partial charge in [0.05, 0.1) is 10.8 Å². The molecule has 0 saturated carbocycles. The number of phosphoric acid groups is 1. The van der Waals surface area contributed by atoms with Crippen molar-refractivity contribution in [3.63, 3.8) is 0 Å². The molecular formula is C16H23O6P. The molecule has 0 radical (unpaired) electrons. The Morgan fingerprint density at radius 3 is 1.57 bits per heavy atom. The van der Waals surface area contributed by atoms with Gasteiger partial charge >= 0.3 is 19.8 Å². The minimum Gasteiger partial charge on any atom is -0.386 e. The second kappa shape index (κ2) is 6.75. The van der Waals surface area contributed by atoms with Gasteiger partial charge in [-0.3, -0.25) is 9.59 Å². The van der Waals surface area contributed by atoms with E-state index < -0.39 is 30.6 Å². The van der Waals surface area contributed by atoms with Gasteiger partial charge in [0.2, 0.25) is 0 Å². The van der Waals surface area contributed by atoms with Gasteiger partial charge in [0.1, 0.15) is 5.75 Å². The summed E-state index contributed by atoms with van der Waals surface area (Å²) < 4.78 is 27.8. The number of carbonyl (C=O) groups excluding carboxylic acids is 2. The van der Waals surface area contributed by atoms with Crippen LogP contribution in [0.3, 0.4) is 0 Å². The molecule has 0 unspecified atom stereocenters. The van der Waals surface area contributed by atoms with Crippen LogP contribution in [-0.2, 0) is 23.2 Å². The van der Waals surface area contributed by atoms with E-state index in [1.165, 1.54) is 12.1 Å². The predicted molar refractivity (Wildman–Crippen MR) is 85.8 cm³/mol. The molecule has 0 atom stereocenters. The molecule has 0 aromatic heterocycles. The zero-order valence-electron chi connectivity index (χ0n) is 14.3. The van der Waals surface area contributed by atoms with Crippen molar-refractivity contribution in [1.82, 2.24) is 0 Å². The van der Waals surface area contributed by atoms with Gasteiger partial charge < -0.3 is 13.6 Å². The van der Waals surface area contributed by atoms with Gasteiger partial charge in [-0.05, 0) is 53.7 Å². The van der Waals surface area contributed by atoms with Gasteiger partial charge in [0.25, 0.3) is 0 Å². The first-order valence-electron chi connectivity index (χ1n) is 7.16. The van der Waals surface area contributed by atoms with Crippen LogP contribution in [0.25, 0.3) is 0 Å². The maximum atomic E-state index is 12.8. The summed E-state index contributed by atoms with van der Waals surface area (Å²) in [6, 6.07) is 8.07. The molecule has 7 heteroatoms. The standard InChI is InChI=1S/C16H23O6P/c1-15(2,3)13(17)21-23(19,22-14(18)16(4,5)6)20-12-10-8-7-9-11-12/h7-11H,1-6H3. The average Bonchev–Trinajstić information content (AvgIpc) is 2.36. The smallest absolute Gasteiger partial charge is 0.386 e. The number of benzene rings is 1. The highest BCUT2D eigenvalue weighted by molar-refractivity contribution is 7.50. The first-order valence-corrected chi connectivity index (χ1v) is 8.62. The Kier molecular flexibility index (Phi) is 5.65. The van der Waals surface area contributed by atoms with Crippen molar-refractivity contribution in [1.29, 1.82) is 0 Å². The Balaban J connectivity index is 3.07. The van der Waals surface area contributed by atoms with Crippen molar-refractivity contribution in [3.05, 3.63) is 30.3 Å². The summed E-state index contributed by atoms with van der Waals surface area (Å²) >= 11 is 0. The van der Waals surface area contributed by atoms with Crippen molar-refractivity contribution < 1.29 is 27.7 Å². The fraction of sp³-hybridized carbons (Fsp3) is 0.500. The topological polar surface area (TPSA) is 78.9 Å². The van der Waals surface area contributed by atoms with Crippen LogP contribution >= 0.6 is 7.82 Å². The van der Waals surface area contributed by atoms with Crippen LogP contribution < -0.4 is 4.52 Å². The Morgan fingerprint density at radius 2 is 1.22 bits per heavy atom. The lowest BCUT2D eigenvalue weighted by atomic mass is 9.98. The number of para-hydroxylation sites is 1. The van der Waals surface area contributed by atoms with E-state index in [9.17, 15) is 14.2 Å². The maximum absolute atomic E-state index is 12.8. The summed E-state index contributed by atoms with van der Waals surface area (Å²) in [6.45, 7) is 9.55. The Hall–Kier alpha value is -1.81. The summed E-state index contributed by atoms with van der Waals surface area (Å²) in [6.07, 6.45) is 0. The second-order valence-electron chi connectivity index (χ2n) is 7.11. The summed E-state index contributed by atoms with van der Waals surface area (Å²) in [5, 5.41) is 0. The normalized spacial score (nSPS) is 12.4. The van der Waals surface area contributed by atoms with Gasteiger partial charge in [-0.25, -0.2) is 0 Å². The summed E-state index contributed by atoms with van der Waals surface area (Å²) in [5.41, 5.74) is -1.85. The monoisotopic (exact) mass is 342 g/mol. The maximum Gasteiger partial charge on any atom is 0.651 e. The summed E-state index contributed by atoms with van der Waals surface area (Å²) in [4.78, 5) is 24.1. The van der Waals surface area contributed by atoms with Gasteiger partial charge in [-0.1, -0.05) is 18.2 Å². The zero-order chi connectivity index (χ0) is 17.9. The van der Waals surface area contributed by atoms with E-state index in [1.54, 1.807) is 59.7 Å². The van der Waals surface area contributed by atoms with Crippen LogP contribution in [0.1, 0.15) is 41.5 Å². The third-order valence-corrected chi connectivity index (χ3v) is 3.79. The molecule has 0 aliphatic carbocycles. The molecule has 1 rings (SSSR count). The lowest BCUT2D eigenvalue weighted by Gasteiger charge is -2.24. The molecule has 23 heavy (non-hydrogen) atoms. The molecule has 6 nitrogen and oxygen atoms in total. The Morgan fingerprint density at radius 1 is 0.826 bits per heavy atom. The first-order chi connectivity index (χ1) is 10.3. The van der Waals surface area contributed by atoms with Crippen LogP contribution in [0.15, 0.2) is 30.3 Å². The van der Waals surface area contributed by atoms with Crippen molar-refractivity contribution >= 4 is 19.8 Å². The van der Waals surface area contributed by atoms with E-state index in [4.69, 9.17) is 13.6 Å². The van der Waals surface area contributed by atoms with Crippen molar-refractivity contribution in [2.45, 2.75) is 41.5 Å². The minimum absolute atomic E-state index is 0.166. The van der Waals surface area contributed by atoms with E-state index in [1.807, 2.05) is 0 Å². The number of phosphoric ester groups is 1. The third kappa shape index (κ3) is 6.06. The van der Waals surface area contributed by atoms with E-state index in [0.29, 0.717) is 0 Å². The molecule has 1 aromatic rings. The number of hydrogen-bond acceptors (Lipinski definition) is 6. The Labute approximate surface area is 136 Å². The molecule has 0 amide bonds. The quantitative estimate of drug-likeness (QED) is 0.757. The average molecular weight is 342 g/mol. The van der Waals surface area contributed by atoms with Gasteiger partial charge in [0, 0.05) is 0 Å². The van der Waals surface area contributed by atoms with Gasteiger partial charge in [0.15, 0.2) is 0 Å². The third-order valence-electron chi connectivity index (χ3n) is 2.57. The zero-order valence-corrected chi connectivity index (χ0v) is 15.2. The fourth-order valence-corrected chi connectivity index (χ4v) is 2.59. The molecule has 128 valence electrons. The summed E-state index contributed by atoms with van der Waals surface area (Å²) in [5.74, 6) is -1.42. The molecule has 0 aliphatic rings. The summed E-state index contributed by atoms with van der Waals surface area (Å²) in [7, 11) is -4.45. The number of carbonyl (C=O) groups is 2. The lowest BCUT2D eigenvalue weighted by Crippen LogP contribution is -2.27. The second-order valence-corrected chi connectivity index (χ2v) is 8.55. The molecular weight excluding hydrogens is 319 g/mol. The molecule has 0 fully saturated rings. The van der Waals surface area contributed by atoms with Crippen LogP contribution in [0.4, 0.5) is 0 Å². The molecule has 0 spiro atoms. The lowest BCUT2D eigenvalue weighted by molar-refractivity contribution is -0.149. The Bertz CT molecular complexity index is 578. The van der Waals surface area contributed by atoms with Crippen LogP contribution in [0.5, 0.6) is 5.75 Å². The van der Waals surface area contributed by atoms with E-state index in [-0.39, 0.29) is 5.75 Å². The highest BCUT2D eigenvalue weighted by Gasteiger charge is 2.43. The molecule has 0 N–H and O–H groups in total. The van der Waals surface area contributed by atoms with Crippen LogP contribution in [0, 0.1) is 10.8 Å². The van der Waals surface area contributed by atoms with Crippen LogP contribution in [-0.4, -0.2) is 11.9 Å². The predicted octanol–water partition coefficient (Wildman–Crippen LogP) is 4.35. The van der Waals surface area contributed by atoms with E-state index in [0.717, 1.165) is 0 Å². The fourth-order valence-electron chi connectivity index (χ4n) is 1.14. The van der Waals surface area contributed by atoms with E-state index >= 15 is 0 Å². The number of rotatable bonds is 4. The highest BCUT2D eigenvalue weighted by Crippen LogP contribution is 2.52. The number of hydrogen-bond donors (Lipinski definition) is 0.